The molecule has 2 aromatic heterocycles. The molecule has 1 saturated carbocycles. The minimum Gasteiger partial charge on any atom is -0.456 e. The standard InChI is InChI=1S/C24H23ClN4O2/c1-15-6-16(2-3-21(15)23(30)29-18-9-24(10-18)13-27-14-24)22-8-19(4-5-28-22)31-20-7-17(25)11-26-12-20/h2-8,11-12,18,27H,9-10,13-14H2,1H3,(H,29,30). The van der Waals surface area contributed by atoms with E-state index in [0.717, 1.165) is 42.8 Å². The van der Waals surface area contributed by atoms with E-state index in [1.54, 1.807) is 30.7 Å². The monoisotopic (exact) mass is 434 g/mol. The van der Waals surface area contributed by atoms with Gasteiger partial charge in [-0.15, -0.1) is 0 Å². The van der Waals surface area contributed by atoms with Gasteiger partial charge in [-0.25, -0.2) is 0 Å². The van der Waals surface area contributed by atoms with Crippen LogP contribution in [0.5, 0.6) is 11.5 Å². The molecular weight excluding hydrogens is 412 g/mol. The highest BCUT2D eigenvalue weighted by atomic mass is 35.5. The molecule has 1 aromatic carbocycles. The fourth-order valence-electron chi connectivity index (χ4n) is 4.41. The maximum Gasteiger partial charge on any atom is 0.251 e. The van der Waals surface area contributed by atoms with Gasteiger partial charge in [-0.05, 0) is 48.9 Å². The van der Waals surface area contributed by atoms with Gasteiger partial charge in [0.1, 0.15) is 11.5 Å². The number of nitrogens with one attached hydrogen (secondary N) is 2. The minimum absolute atomic E-state index is 0.00492. The molecule has 1 aliphatic heterocycles. The lowest BCUT2D eigenvalue weighted by molar-refractivity contribution is 0.0232. The predicted molar refractivity (Wildman–Crippen MR) is 120 cm³/mol. The van der Waals surface area contributed by atoms with Crippen LogP contribution >= 0.6 is 11.6 Å². The number of benzene rings is 1. The second-order valence-corrected chi connectivity index (χ2v) is 8.97. The summed E-state index contributed by atoms with van der Waals surface area (Å²) in [6.45, 7) is 4.11. The maximum absolute atomic E-state index is 12.7. The smallest absolute Gasteiger partial charge is 0.251 e. The van der Waals surface area contributed by atoms with Gasteiger partial charge >= 0.3 is 0 Å². The molecule has 3 aromatic rings. The van der Waals surface area contributed by atoms with Crippen molar-refractivity contribution < 1.29 is 9.53 Å². The average Bonchev–Trinajstić information content (AvgIpc) is 2.69. The maximum atomic E-state index is 12.7. The van der Waals surface area contributed by atoms with Crippen LogP contribution in [0.2, 0.25) is 5.02 Å². The molecule has 0 unspecified atom stereocenters. The number of amides is 1. The summed E-state index contributed by atoms with van der Waals surface area (Å²) < 4.78 is 5.85. The number of aryl methyl sites for hydroxylation is 1. The first-order chi connectivity index (χ1) is 15.0. The fraction of sp³-hybridized carbons (Fsp3) is 0.292. The van der Waals surface area contributed by atoms with E-state index in [0.29, 0.717) is 27.5 Å². The Morgan fingerprint density at radius 1 is 1.16 bits per heavy atom. The van der Waals surface area contributed by atoms with Crippen molar-refractivity contribution in [1.29, 1.82) is 0 Å². The van der Waals surface area contributed by atoms with Crippen molar-refractivity contribution in [2.24, 2.45) is 5.41 Å². The van der Waals surface area contributed by atoms with Gasteiger partial charge in [-0.3, -0.25) is 14.8 Å². The van der Waals surface area contributed by atoms with Gasteiger partial charge in [-0.1, -0.05) is 17.7 Å². The zero-order valence-corrected chi connectivity index (χ0v) is 17.9. The van der Waals surface area contributed by atoms with Gasteiger partial charge in [-0.2, -0.15) is 0 Å². The van der Waals surface area contributed by atoms with Crippen LogP contribution in [-0.2, 0) is 0 Å². The number of hydrogen-bond acceptors (Lipinski definition) is 5. The van der Waals surface area contributed by atoms with Crippen molar-refractivity contribution in [3.63, 3.8) is 0 Å². The Hall–Kier alpha value is -2.96. The fourth-order valence-corrected chi connectivity index (χ4v) is 4.58. The van der Waals surface area contributed by atoms with Crippen molar-refractivity contribution in [3.05, 3.63) is 71.1 Å². The predicted octanol–water partition coefficient (Wildman–Crippen LogP) is 4.38. The van der Waals surface area contributed by atoms with Gasteiger partial charge < -0.3 is 15.4 Å². The van der Waals surface area contributed by atoms with Crippen molar-refractivity contribution in [3.8, 4) is 22.8 Å². The van der Waals surface area contributed by atoms with Crippen LogP contribution < -0.4 is 15.4 Å². The second-order valence-electron chi connectivity index (χ2n) is 8.53. The summed E-state index contributed by atoms with van der Waals surface area (Å²) in [5.74, 6) is 1.19. The minimum atomic E-state index is -0.00492. The van der Waals surface area contributed by atoms with Crippen LogP contribution in [0, 0.1) is 12.3 Å². The first kappa shape index (κ1) is 20.0. The quantitative estimate of drug-likeness (QED) is 0.623. The molecule has 5 rings (SSSR count). The first-order valence-electron chi connectivity index (χ1n) is 10.4. The number of carbonyl (C=O) groups excluding carboxylic acids is 1. The molecule has 0 bridgehead atoms. The third-order valence-electron chi connectivity index (χ3n) is 6.11. The van der Waals surface area contributed by atoms with Crippen molar-refractivity contribution in [2.75, 3.05) is 13.1 Å². The van der Waals surface area contributed by atoms with E-state index in [-0.39, 0.29) is 11.9 Å². The number of aromatic nitrogens is 2. The van der Waals surface area contributed by atoms with Gasteiger partial charge in [0.2, 0.25) is 0 Å². The number of halogens is 1. The zero-order chi connectivity index (χ0) is 21.4. The molecule has 1 spiro atoms. The highest BCUT2D eigenvalue weighted by Gasteiger charge is 2.48. The van der Waals surface area contributed by atoms with Crippen LogP contribution in [0.25, 0.3) is 11.3 Å². The lowest BCUT2D eigenvalue weighted by Crippen LogP contribution is -2.65. The van der Waals surface area contributed by atoms with E-state index in [9.17, 15) is 4.79 Å². The van der Waals surface area contributed by atoms with Crippen molar-refractivity contribution in [1.82, 2.24) is 20.6 Å². The Labute approximate surface area is 186 Å². The number of ether oxygens (including phenoxy) is 1. The second kappa shape index (κ2) is 7.94. The van der Waals surface area contributed by atoms with E-state index in [1.807, 2.05) is 31.2 Å². The van der Waals surface area contributed by atoms with Crippen LogP contribution in [0.15, 0.2) is 55.0 Å². The van der Waals surface area contributed by atoms with E-state index in [2.05, 4.69) is 20.6 Å². The van der Waals surface area contributed by atoms with Crippen LogP contribution in [0.4, 0.5) is 0 Å². The Balaban J connectivity index is 1.28. The molecule has 31 heavy (non-hydrogen) atoms. The molecule has 1 aliphatic carbocycles. The van der Waals surface area contributed by atoms with E-state index >= 15 is 0 Å². The zero-order valence-electron chi connectivity index (χ0n) is 17.2. The number of hydrogen-bond donors (Lipinski definition) is 2. The summed E-state index contributed by atoms with van der Waals surface area (Å²) in [5, 5.41) is 7.01. The molecule has 2 aliphatic rings. The molecule has 158 valence electrons. The van der Waals surface area contributed by atoms with E-state index < -0.39 is 0 Å². The topological polar surface area (TPSA) is 76.1 Å². The molecule has 1 saturated heterocycles. The average molecular weight is 435 g/mol. The SMILES string of the molecule is Cc1cc(-c2cc(Oc3cncc(Cl)c3)ccn2)ccc1C(=O)NC1CC2(CNC2)C1. The number of carbonyl (C=O) groups is 1. The molecular formula is C24H23ClN4O2. The van der Waals surface area contributed by atoms with Crippen LogP contribution in [-0.4, -0.2) is 35.0 Å². The number of pyridine rings is 2. The molecule has 2 fully saturated rings. The normalized spacial score (nSPS) is 17.0. The molecule has 6 nitrogen and oxygen atoms in total. The Bertz CT molecular complexity index is 1140. The third-order valence-corrected chi connectivity index (χ3v) is 6.31. The van der Waals surface area contributed by atoms with Gasteiger partial charge in [0.05, 0.1) is 16.9 Å². The first-order valence-corrected chi connectivity index (χ1v) is 10.7. The Morgan fingerprint density at radius 3 is 2.71 bits per heavy atom. The largest absolute Gasteiger partial charge is 0.456 e. The molecule has 3 heterocycles. The lowest BCUT2D eigenvalue weighted by atomic mass is 9.61. The summed E-state index contributed by atoms with van der Waals surface area (Å²) in [6.07, 6.45) is 7.00. The summed E-state index contributed by atoms with van der Waals surface area (Å²) in [6, 6.07) is 11.4. The van der Waals surface area contributed by atoms with Crippen molar-refractivity contribution in [2.45, 2.75) is 25.8 Å². The summed E-state index contributed by atoms with van der Waals surface area (Å²) >= 11 is 5.97. The molecule has 0 atom stereocenters. The molecule has 2 N–H and O–H groups in total. The third kappa shape index (κ3) is 4.13. The van der Waals surface area contributed by atoms with Gasteiger partial charge in [0, 0.05) is 54.8 Å². The lowest BCUT2D eigenvalue weighted by Gasteiger charge is -2.54. The summed E-state index contributed by atoms with van der Waals surface area (Å²) in [4.78, 5) is 21.2. The highest BCUT2D eigenvalue weighted by Crippen LogP contribution is 2.44. The Morgan fingerprint density at radius 2 is 2.00 bits per heavy atom. The van der Waals surface area contributed by atoms with Crippen molar-refractivity contribution >= 4 is 17.5 Å². The summed E-state index contributed by atoms with van der Waals surface area (Å²) in [7, 11) is 0. The molecule has 1 amide bonds. The number of rotatable bonds is 5. The van der Waals surface area contributed by atoms with Gasteiger partial charge in [0.15, 0.2) is 0 Å². The highest BCUT2D eigenvalue weighted by molar-refractivity contribution is 6.30. The van der Waals surface area contributed by atoms with E-state index in [1.165, 1.54) is 0 Å². The number of nitrogens with zero attached hydrogens (tertiary/aromatic N) is 2. The summed E-state index contributed by atoms with van der Waals surface area (Å²) in [5.41, 5.74) is 3.75. The van der Waals surface area contributed by atoms with E-state index in [4.69, 9.17) is 16.3 Å². The van der Waals surface area contributed by atoms with Gasteiger partial charge in [0.25, 0.3) is 5.91 Å². The van der Waals surface area contributed by atoms with Crippen LogP contribution in [0.1, 0.15) is 28.8 Å². The molecule has 7 heteroatoms. The molecule has 0 radical (unpaired) electrons. The van der Waals surface area contributed by atoms with Crippen LogP contribution in [0.3, 0.4) is 0 Å². The Kier molecular flexibility index (Phi) is 5.12.